The molecule has 18 heavy (non-hydrogen) atoms. The Kier molecular flexibility index (Phi) is 4.48. The molecule has 0 aromatic heterocycles. The zero-order valence-corrected chi connectivity index (χ0v) is 13.5. The maximum Gasteiger partial charge on any atom is 0.244 e. The molecule has 1 heterocycles. The first kappa shape index (κ1) is 14.5. The third kappa shape index (κ3) is 2.65. The van der Waals surface area contributed by atoms with E-state index in [-0.39, 0.29) is 17.5 Å². The Labute approximate surface area is 123 Å². The summed E-state index contributed by atoms with van der Waals surface area (Å²) >= 11 is 6.57. The van der Waals surface area contributed by atoms with Crippen LogP contribution in [0.5, 0.6) is 0 Å². The van der Waals surface area contributed by atoms with Crippen LogP contribution in [0.15, 0.2) is 32.0 Å². The molecule has 0 unspecified atom stereocenters. The van der Waals surface area contributed by atoms with E-state index in [1.165, 1.54) is 4.31 Å². The Hall–Kier alpha value is 0.0500. The van der Waals surface area contributed by atoms with Gasteiger partial charge in [0, 0.05) is 21.5 Å². The predicted molar refractivity (Wildman–Crippen MR) is 75.8 cm³/mol. The van der Waals surface area contributed by atoms with Gasteiger partial charge < -0.3 is 5.11 Å². The lowest BCUT2D eigenvalue weighted by atomic mass is 10.2. The molecular formula is C11H13Br2NO3S. The molecule has 1 aromatic rings. The van der Waals surface area contributed by atoms with Gasteiger partial charge in [-0.05, 0) is 47.0 Å². The summed E-state index contributed by atoms with van der Waals surface area (Å²) in [5.41, 5.74) is 0. The van der Waals surface area contributed by atoms with Gasteiger partial charge in [-0.2, -0.15) is 4.31 Å². The smallest absolute Gasteiger partial charge is 0.244 e. The minimum atomic E-state index is -3.54. The summed E-state index contributed by atoms with van der Waals surface area (Å²) < 4.78 is 27.7. The van der Waals surface area contributed by atoms with E-state index in [1.54, 1.807) is 18.2 Å². The molecule has 7 heteroatoms. The SMILES string of the molecule is O=S(=O)(c1ccc(Br)cc1Br)N1CCC[C@@H]1CO. The molecule has 1 aromatic carbocycles. The first-order valence-electron chi connectivity index (χ1n) is 5.54. The summed E-state index contributed by atoms with van der Waals surface area (Å²) in [5, 5.41) is 9.23. The first-order valence-corrected chi connectivity index (χ1v) is 8.57. The van der Waals surface area contributed by atoms with Gasteiger partial charge in [0.15, 0.2) is 0 Å². The summed E-state index contributed by atoms with van der Waals surface area (Å²) in [7, 11) is -3.54. The van der Waals surface area contributed by atoms with E-state index in [1.807, 2.05) is 0 Å². The van der Waals surface area contributed by atoms with Gasteiger partial charge in [-0.3, -0.25) is 0 Å². The van der Waals surface area contributed by atoms with Crippen molar-refractivity contribution in [3.8, 4) is 0 Å². The van der Waals surface area contributed by atoms with Crippen LogP contribution in [-0.2, 0) is 10.0 Å². The number of benzene rings is 1. The molecule has 1 atom stereocenters. The Bertz CT molecular complexity index is 547. The molecule has 1 aliphatic heterocycles. The molecule has 0 aliphatic carbocycles. The fraction of sp³-hybridized carbons (Fsp3) is 0.455. The fourth-order valence-corrected chi connectivity index (χ4v) is 5.51. The van der Waals surface area contributed by atoms with Gasteiger partial charge in [-0.15, -0.1) is 0 Å². The zero-order valence-electron chi connectivity index (χ0n) is 9.51. The van der Waals surface area contributed by atoms with Crippen molar-refractivity contribution in [2.75, 3.05) is 13.2 Å². The number of sulfonamides is 1. The second-order valence-corrected chi connectivity index (χ2v) is 7.80. The van der Waals surface area contributed by atoms with Crippen molar-refractivity contribution < 1.29 is 13.5 Å². The zero-order chi connectivity index (χ0) is 13.3. The first-order chi connectivity index (χ1) is 8.46. The number of hydrogen-bond acceptors (Lipinski definition) is 3. The topological polar surface area (TPSA) is 57.6 Å². The van der Waals surface area contributed by atoms with Crippen LogP contribution in [0.25, 0.3) is 0 Å². The molecule has 2 rings (SSSR count). The summed E-state index contributed by atoms with van der Waals surface area (Å²) in [5.74, 6) is 0. The Balaban J connectivity index is 2.42. The average Bonchev–Trinajstić information content (AvgIpc) is 2.76. The molecule has 4 nitrogen and oxygen atoms in total. The average molecular weight is 399 g/mol. The van der Waals surface area contributed by atoms with E-state index < -0.39 is 10.0 Å². The number of hydrogen-bond donors (Lipinski definition) is 1. The number of halogens is 2. The predicted octanol–water partition coefficient (Wildman–Crippen LogP) is 2.36. The molecule has 0 radical (unpaired) electrons. The maximum atomic E-state index is 12.5. The largest absolute Gasteiger partial charge is 0.395 e. The highest BCUT2D eigenvalue weighted by Crippen LogP contribution is 2.31. The third-order valence-electron chi connectivity index (χ3n) is 3.01. The minimum Gasteiger partial charge on any atom is -0.395 e. The number of aliphatic hydroxyl groups is 1. The molecule has 1 saturated heterocycles. The lowest BCUT2D eigenvalue weighted by Gasteiger charge is -2.23. The van der Waals surface area contributed by atoms with Crippen LogP contribution >= 0.6 is 31.9 Å². The van der Waals surface area contributed by atoms with E-state index in [0.717, 1.165) is 10.9 Å². The Morgan fingerprint density at radius 1 is 1.39 bits per heavy atom. The van der Waals surface area contributed by atoms with E-state index in [4.69, 9.17) is 0 Å². The molecule has 0 spiro atoms. The van der Waals surface area contributed by atoms with Crippen molar-refractivity contribution in [2.24, 2.45) is 0 Å². The minimum absolute atomic E-state index is 0.132. The van der Waals surface area contributed by atoms with Gasteiger partial charge >= 0.3 is 0 Å². The summed E-state index contributed by atoms with van der Waals surface area (Å²) in [6.45, 7) is 0.337. The van der Waals surface area contributed by atoms with Crippen LogP contribution in [0.1, 0.15) is 12.8 Å². The summed E-state index contributed by atoms with van der Waals surface area (Å²) in [6.07, 6.45) is 1.50. The molecule has 1 aliphatic rings. The van der Waals surface area contributed by atoms with Gasteiger partial charge in [-0.1, -0.05) is 15.9 Å². The quantitative estimate of drug-likeness (QED) is 0.850. The highest BCUT2D eigenvalue weighted by atomic mass is 79.9. The molecule has 100 valence electrons. The highest BCUT2D eigenvalue weighted by molar-refractivity contribution is 9.11. The van der Waals surface area contributed by atoms with Crippen LogP contribution in [-0.4, -0.2) is 37.0 Å². The summed E-state index contributed by atoms with van der Waals surface area (Å²) in [6, 6.07) is 4.67. The standard InChI is InChI=1S/C11H13Br2NO3S/c12-8-3-4-11(10(13)6-8)18(16,17)14-5-1-2-9(14)7-15/h3-4,6,9,15H,1-2,5,7H2/t9-/m1/s1. The second-order valence-electron chi connectivity index (χ2n) is 4.17. The molecule has 0 amide bonds. The molecule has 1 N–H and O–H groups in total. The van der Waals surface area contributed by atoms with Crippen LogP contribution in [0.4, 0.5) is 0 Å². The van der Waals surface area contributed by atoms with Crippen molar-refractivity contribution >= 4 is 41.9 Å². The van der Waals surface area contributed by atoms with E-state index in [2.05, 4.69) is 31.9 Å². The van der Waals surface area contributed by atoms with Gasteiger partial charge in [0.25, 0.3) is 0 Å². The highest BCUT2D eigenvalue weighted by Gasteiger charge is 2.35. The number of nitrogens with zero attached hydrogens (tertiary/aromatic N) is 1. The van der Waals surface area contributed by atoms with Crippen LogP contribution in [0, 0.1) is 0 Å². The van der Waals surface area contributed by atoms with Crippen LogP contribution in [0.2, 0.25) is 0 Å². The maximum absolute atomic E-state index is 12.5. The van der Waals surface area contributed by atoms with Crippen LogP contribution < -0.4 is 0 Å². The fourth-order valence-electron chi connectivity index (χ4n) is 2.12. The van der Waals surface area contributed by atoms with E-state index >= 15 is 0 Å². The van der Waals surface area contributed by atoms with E-state index in [0.29, 0.717) is 17.4 Å². The van der Waals surface area contributed by atoms with Crippen molar-refractivity contribution in [2.45, 2.75) is 23.8 Å². The van der Waals surface area contributed by atoms with Crippen molar-refractivity contribution in [3.05, 3.63) is 27.1 Å². The van der Waals surface area contributed by atoms with Crippen molar-refractivity contribution in [1.82, 2.24) is 4.31 Å². The molecule has 0 bridgehead atoms. The summed E-state index contributed by atoms with van der Waals surface area (Å²) in [4.78, 5) is 0.242. The van der Waals surface area contributed by atoms with Crippen molar-refractivity contribution in [3.63, 3.8) is 0 Å². The van der Waals surface area contributed by atoms with Crippen molar-refractivity contribution in [1.29, 1.82) is 0 Å². The van der Waals surface area contributed by atoms with Gasteiger partial charge in [-0.25, -0.2) is 8.42 Å². The molecular weight excluding hydrogens is 386 g/mol. The molecule has 0 saturated carbocycles. The van der Waals surface area contributed by atoms with Crippen LogP contribution in [0.3, 0.4) is 0 Å². The van der Waals surface area contributed by atoms with E-state index in [9.17, 15) is 13.5 Å². The molecule has 1 fully saturated rings. The lowest BCUT2D eigenvalue weighted by Crippen LogP contribution is -2.37. The van der Waals surface area contributed by atoms with Gasteiger partial charge in [0.1, 0.15) is 0 Å². The number of rotatable bonds is 3. The van der Waals surface area contributed by atoms with Gasteiger partial charge in [0.05, 0.1) is 11.5 Å². The Morgan fingerprint density at radius 3 is 2.72 bits per heavy atom. The Morgan fingerprint density at radius 2 is 2.11 bits per heavy atom. The number of aliphatic hydroxyl groups excluding tert-OH is 1. The third-order valence-corrected chi connectivity index (χ3v) is 6.44. The second kappa shape index (κ2) is 5.58. The lowest BCUT2D eigenvalue weighted by molar-refractivity contribution is 0.213. The van der Waals surface area contributed by atoms with Gasteiger partial charge in [0.2, 0.25) is 10.0 Å². The monoisotopic (exact) mass is 397 g/mol. The normalized spacial score (nSPS) is 21.4.